The Morgan fingerprint density at radius 1 is 1.04 bits per heavy atom. The number of carbonyl (C=O) groups excluding carboxylic acids is 1. The molecule has 2 heterocycles. The number of carbonyl (C=O) groups is 1. The SMILES string of the molecule is O=C(Nc1cc2ncnn2c(SCc2ccccc2)n1)c1ccccc1. The first-order chi connectivity index (χ1) is 12.8. The van der Waals surface area contributed by atoms with E-state index in [4.69, 9.17) is 0 Å². The van der Waals surface area contributed by atoms with Crippen LogP contribution in [0.25, 0.3) is 5.65 Å². The molecule has 7 heteroatoms. The van der Waals surface area contributed by atoms with Crippen molar-refractivity contribution < 1.29 is 4.79 Å². The molecule has 0 spiro atoms. The lowest BCUT2D eigenvalue weighted by Gasteiger charge is -2.08. The van der Waals surface area contributed by atoms with Crippen molar-refractivity contribution in [1.29, 1.82) is 0 Å². The number of benzene rings is 2. The van der Waals surface area contributed by atoms with Crippen molar-refractivity contribution >= 4 is 29.1 Å². The Hall–Kier alpha value is -3.19. The average molecular weight is 361 g/mol. The summed E-state index contributed by atoms with van der Waals surface area (Å²) in [4.78, 5) is 21.1. The number of rotatable bonds is 5. The van der Waals surface area contributed by atoms with Gasteiger partial charge < -0.3 is 5.32 Å². The second-order valence-corrected chi connectivity index (χ2v) is 6.49. The zero-order valence-corrected chi connectivity index (χ0v) is 14.6. The van der Waals surface area contributed by atoms with E-state index in [2.05, 4.69) is 32.5 Å². The molecular weight excluding hydrogens is 346 g/mol. The molecule has 0 unspecified atom stereocenters. The highest BCUT2D eigenvalue weighted by Crippen LogP contribution is 2.23. The van der Waals surface area contributed by atoms with E-state index in [9.17, 15) is 4.79 Å². The number of amides is 1. The van der Waals surface area contributed by atoms with Crippen LogP contribution in [-0.2, 0) is 5.75 Å². The zero-order chi connectivity index (χ0) is 17.8. The monoisotopic (exact) mass is 361 g/mol. The lowest BCUT2D eigenvalue weighted by atomic mass is 10.2. The molecule has 2 aromatic carbocycles. The van der Waals surface area contributed by atoms with Gasteiger partial charge in [0.15, 0.2) is 10.8 Å². The maximum Gasteiger partial charge on any atom is 0.256 e. The van der Waals surface area contributed by atoms with Gasteiger partial charge in [-0.25, -0.2) is 9.97 Å². The van der Waals surface area contributed by atoms with Crippen LogP contribution in [0.3, 0.4) is 0 Å². The molecule has 0 aliphatic rings. The van der Waals surface area contributed by atoms with Crippen LogP contribution in [0.15, 0.2) is 78.2 Å². The Bertz CT molecular complexity index is 1030. The molecule has 0 radical (unpaired) electrons. The summed E-state index contributed by atoms with van der Waals surface area (Å²) in [6.07, 6.45) is 1.48. The molecule has 0 aliphatic heterocycles. The van der Waals surface area contributed by atoms with E-state index in [1.54, 1.807) is 34.5 Å². The molecule has 4 aromatic rings. The van der Waals surface area contributed by atoms with Gasteiger partial charge in [0.1, 0.15) is 12.1 Å². The first kappa shape index (κ1) is 16.3. The summed E-state index contributed by atoms with van der Waals surface area (Å²) in [5.41, 5.74) is 2.40. The molecule has 1 amide bonds. The van der Waals surface area contributed by atoms with Crippen LogP contribution in [0.5, 0.6) is 0 Å². The fraction of sp³-hybridized carbons (Fsp3) is 0.0526. The van der Waals surface area contributed by atoms with Crippen molar-refractivity contribution in [3.05, 3.63) is 84.2 Å². The molecule has 0 saturated carbocycles. The highest BCUT2D eigenvalue weighted by molar-refractivity contribution is 7.98. The van der Waals surface area contributed by atoms with E-state index >= 15 is 0 Å². The number of aromatic nitrogens is 4. The van der Waals surface area contributed by atoms with Gasteiger partial charge in [0.25, 0.3) is 5.91 Å². The molecule has 0 fully saturated rings. The lowest BCUT2D eigenvalue weighted by Crippen LogP contribution is -2.14. The van der Waals surface area contributed by atoms with Gasteiger partial charge in [-0.3, -0.25) is 4.79 Å². The predicted molar refractivity (Wildman–Crippen MR) is 101 cm³/mol. The lowest BCUT2D eigenvalue weighted by molar-refractivity contribution is 0.102. The van der Waals surface area contributed by atoms with Crippen LogP contribution in [0.4, 0.5) is 5.82 Å². The molecule has 1 N–H and O–H groups in total. The molecule has 6 nitrogen and oxygen atoms in total. The van der Waals surface area contributed by atoms with Gasteiger partial charge in [0.2, 0.25) is 0 Å². The van der Waals surface area contributed by atoms with Crippen molar-refractivity contribution in [2.24, 2.45) is 0 Å². The minimum absolute atomic E-state index is 0.207. The van der Waals surface area contributed by atoms with E-state index in [0.29, 0.717) is 22.2 Å². The van der Waals surface area contributed by atoms with Gasteiger partial charge in [-0.15, -0.1) is 0 Å². The maximum atomic E-state index is 12.4. The summed E-state index contributed by atoms with van der Waals surface area (Å²) in [5, 5.41) is 7.73. The fourth-order valence-electron chi connectivity index (χ4n) is 2.46. The summed E-state index contributed by atoms with van der Waals surface area (Å²) >= 11 is 1.54. The van der Waals surface area contributed by atoms with E-state index in [-0.39, 0.29) is 5.91 Å². The number of fused-ring (bicyclic) bond motifs is 1. The predicted octanol–water partition coefficient (Wildman–Crippen LogP) is 3.67. The largest absolute Gasteiger partial charge is 0.306 e. The molecule has 4 rings (SSSR count). The van der Waals surface area contributed by atoms with Gasteiger partial charge in [0.05, 0.1) is 0 Å². The summed E-state index contributed by atoms with van der Waals surface area (Å²) in [7, 11) is 0. The number of nitrogens with one attached hydrogen (secondary N) is 1. The summed E-state index contributed by atoms with van der Waals surface area (Å²) in [6.45, 7) is 0. The van der Waals surface area contributed by atoms with Crippen LogP contribution in [0, 0.1) is 0 Å². The topological polar surface area (TPSA) is 72.2 Å². The minimum Gasteiger partial charge on any atom is -0.306 e. The summed E-state index contributed by atoms with van der Waals surface area (Å²) in [5.74, 6) is 0.995. The van der Waals surface area contributed by atoms with Crippen molar-refractivity contribution in [1.82, 2.24) is 19.6 Å². The molecule has 0 saturated heterocycles. The first-order valence-corrected chi connectivity index (χ1v) is 9.02. The highest BCUT2D eigenvalue weighted by Gasteiger charge is 2.12. The number of nitrogens with zero attached hydrogens (tertiary/aromatic N) is 4. The van der Waals surface area contributed by atoms with Crippen molar-refractivity contribution in [3.8, 4) is 0 Å². The third-order valence-corrected chi connectivity index (χ3v) is 4.73. The summed E-state index contributed by atoms with van der Waals surface area (Å²) in [6, 6.07) is 20.9. The number of hydrogen-bond acceptors (Lipinski definition) is 5. The van der Waals surface area contributed by atoms with Crippen molar-refractivity contribution in [2.45, 2.75) is 10.9 Å². The Morgan fingerprint density at radius 3 is 2.54 bits per heavy atom. The summed E-state index contributed by atoms with van der Waals surface area (Å²) < 4.78 is 1.67. The molecular formula is C19H15N5OS. The van der Waals surface area contributed by atoms with Gasteiger partial charge in [-0.05, 0) is 17.7 Å². The Morgan fingerprint density at radius 2 is 1.77 bits per heavy atom. The van der Waals surface area contributed by atoms with E-state index in [0.717, 1.165) is 5.75 Å². The van der Waals surface area contributed by atoms with Crippen molar-refractivity contribution in [3.63, 3.8) is 0 Å². The highest BCUT2D eigenvalue weighted by atomic mass is 32.2. The second-order valence-electron chi connectivity index (χ2n) is 5.55. The maximum absolute atomic E-state index is 12.4. The standard InChI is InChI=1S/C19H15N5OS/c25-18(15-9-5-2-6-10-15)22-16-11-17-20-13-21-24(17)19(23-16)26-12-14-7-3-1-4-8-14/h1-11,13H,12H2,(H,22,25). The fourth-order valence-corrected chi connectivity index (χ4v) is 3.37. The molecule has 0 bridgehead atoms. The molecule has 0 atom stereocenters. The average Bonchev–Trinajstić information content (AvgIpc) is 3.16. The van der Waals surface area contributed by atoms with Crippen LogP contribution < -0.4 is 5.32 Å². The van der Waals surface area contributed by atoms with Crippen molar-refractivity contribution in [2.75, 3.05) is 5.32 Å². The number of thioether (sulfide) groups is 1. The van der Waals surface area contributed by atoms with Crippen LogP contribution in [0.2, 0.25) is 0 Å². The first-order valence-electron chi connectivity index (χ1n) is 8.03. The minimum atomic E-state index is -0.207. The van der Waals surface area contributed by atoms with Gasteiger partial charge in [-0.2, -0.15) is 9.61 Å². The molecule has 2 aromatic heterocycles. The molecule has 0 aliphatic carbocycles. The smallest absolute Gasteiger partial charge is 0.256 e. The Balaban J connectivity index is 1.59. The van der Waals surface area contributed by atoms with Gasteiger partial charge >= 0.3 is 0 Å². The molecule has 26 heavy (non-hydrogen) atoms. The normalized spacial score (nSPS) is 10.8. The Labute approximate surface area is 154 Å². The number of hydrogen-bond donors (Lipinski definition) is 1. The van der Waals surface area contributed by atoms with E-state index in [1.165, 1.54) is 11.9 Å². The third kappa shape index (κ3) is 3.57. The third-order valence-electron chi connectivity index (χ3n) is 3.73. The molecule has 128 valence electrons. The van der Waals surface area contributed by atoms with E-state index in [1.807, 2.05) is 36.4 Å². The van der Waals surface area contributed by atoms with Gasteiger partial charge in [-0.1, -0.05) is 60.3 Å². The van der Waals surface area contributed by atoms with Crippen LogP contribution in [0.1, 0.15) is 15.9 Å². The van der Waals surface area contributed by atoms with Crippen LogP contribution in [-0.4, -0.2) is 25.5 Å². The second kappa shape index (κ2) is 7.37. The quantitative estimate of drug-likeness (QED) is 0.434. The van der Waals surface area contributed by atoms with Crippen LogP contribution >= 0.6 is 11.8 Å². The zero-order valence-electron chi connectivity index (χ0n) is 13.7. The van der Waals surface area contributed by atoms with Gasteiger partial charge in [0, 0.05) is 17.4 Å². The Kier molecular flexibility index (Phi) is 4.61. The number of anilines is 1. The van der Waals surface area contributed by atoms with E-state index < -0.39 is 0 Å².